The number of rotatable bonds is 4. The van der Waals surface area contributed by atoms with Crippen LogP contribution in [0.25, 0.3) is 10.8 Å². The minimum Gasteiger partial charge on any atom is -0.459 e. The second kappa shape index (κ2) is 6.54. The van der Waals surface area contributed by atoms with E-state index in [0.717, 1.165) is 25.0 Å². The molecule has 2 atom stereocenters. The predicted molar refractivity (Wildman–Crippen MR) is 87.0 cm³/mol. The monoisotopic (exact) mass is 333 g/mol. The summed E-state index contributed by atoms with van der Waals surface area (Å²) in [5, 5.41) is 5.36. The van der Waals surface area contributed by atoms with E-state index in [1.807, 2.05) is 19.1 Å². The van der Waals surface area contributed by atoms with E-state index in [4.69, 9.17) is 10.2 Å². The third kappa shape index (κ3) is 3.61. The van der Waals surface area contributed by atoms with E-state index in [1.54, 1.807) is 5.38 Å². The fraction of sp³-hybridized carbons (Fsp3) is 0.438. The number of aromatic nitrogens is 1. The number of furan rings is 1. The van der Waals surface area contributed by atoms with Crippen molar-refractivity contribution in [3.05, 3.63) is 29.0 Å². The molecule has 0 spiro atoms. The molecule has 7 heteroatoms. The second-order valence-electron chi connectivity index (χ2n) is 5.88. The molecule has 3 N–H and O–H groups in total. The fourth-order valence-electron chi connectivity index (χ4n) is 2.88. The van der Waals surface area contributed by atoms with Crippen LogP contribution >= 0.6 is 11.3 Å². The van der Waals surface area contributed by atoms with Gasteiger partial charge in [0.25, 0.3) is 5.91 Å². The standard InChI is InChI=1S/C16H19N3O3S/c1-9-5-6-13(22-9)16-19-12(8-23-16)15(21)18-11-4-2-3-10(7-11)14(17)20/h5-6,8,10-11H,2-4,7H2,1H3,(H2,17,20)(H,18,21). The summed E-state index contributed by atoms with van der Waals surface area (Å²) >= 11 is 1.37. The van der Waals surface area contributed by atoms with Gasteiger partial charge in [0.15, 0.2) is 10.8 Å². The molecule has 2 heterocycles. The first-order valence-corrected chi connectivity index (χ1v) is 8.53. The molecule has 1 saturated carbocycles. The Kier molecular flexibility index (Phi) is 4.47. The van der Waals surface area contributed by atoms with Gasteiger partial charge in [0.1, 0.15) is 11.5 Å². The Morgan fingerprint density at radius 2 is 2.22 bits per heavy atom. The van der Waals surface area contributed by atoms with Crippen LogP contribution < -0.4 is 11.1 Å². The molecule has 1 aliphatic carbocycles. The molecule has 23 heavy (non-hydrogen) atoms. The lowest BCUT2D eigenvalue weighted by atomic mass is 9.85. The number of hydrogen-bond donors (Lipinski definition) is 2. The van der Waals surface area contributed by atoms with Gasteiger partial charge in [0.05, 0.1) is 0 Å². The Morgan fingerprint density at radius 1 is 1.39 bits per heavy atom. The normalized spacial score (nSPS) is 21.1. The zero-order valence-corrected chi connectivity index (χ0v) is 13.7. The Labute approximate surface area is 138 Å². The predicted octanol–water partition coefficient (Wildman–Crippen LogP) is 2.49. The molecule has 3 rings (SSSR count). The smallest absolute Gasteiger partial charge is 0.270 e. The molecular formula is C16H19N3O3S. The maximum absolute atomic E-state index is 12.3. The summed E-state index contributed by atoms with van der Waals surface area (Å²) in [5.74, 6) is 0.823. The molecule has 0 saturated heterocycles. The van der Waals surface area contributed by atoms with E-state index >= 15 is 0 Å². The molecule has 0 aromatic carbocycles. The number of amides is 2. The van der Waals surface area contributed by atoms with Gasteiger partial charge in [0.2, 0.25) is 5.91 Å². The third-order valence-electron chi connectivity index (χ3n) is 4.10. The van der Waals surface area contributed by atoms with E-state index < -0.39 is 0 Å². The average molecular weight is 333 g/mol. The SMILES string of the molecule is Cc1ccc(-c2nc(C(=O)NC3CCCC(C(N)=O)C3)cs2)o1. The van der Waals surface area contributed by atoms with E-state index in [1.165, 1.54) is 11.3 Å². The lowest BCUT2D eigenvalue weighted by Gasteiger charge is -2.27. The first-order chi connectivity index (χ1) is 11.0. The molecular weight excluding hydrogens is 314 g/mol. The topological polar surface area (TPSA) is 98.2 Å². The highest BCUT2D eigenvalue weighted by Gasteiger charge is 2.27. The number of thiazole rings is 1. The summed E-state index contributed by atoms with van der Waals surface area (Å²) in [5.41, 5.74) is 5.74. The minimum absolute atomic E-state index is 0.0234. The summed E-state index contributed by atoms with van der Waals surface area (Å²) < 4.78 is 5.52. The molecule has 6 nitrogen and oxygen atoms in total. The van der Waals surface area contributed by atoms with Gasteiger partial charge < -0.3 is 15.5 Å². The molecule has 2 aromatic heterocycles. The van der Waals surface area contributed by atoms with E-state index in [-0.39, 0.29) is 23.8 Å². The summed E-state index contributed by atoms with van der Waals surface area (Å²) in [7, 11) is 0. The zero-order chi connectivity index (χ0) is 16.4. The van der Waals surface area contributed by atoms with Gasteiger partial charge in [-0.1, -0.05) is 6.42 Å². The van der Waals surface area contributed by atoms with Crippen LogP contribution in [0.3, 0.4) is 0 Å². The fourth-order valence-corrected chi connectivity index (χ4v) is 3.64. The number of nitrogens with two attached hydrogens (primary N) is 1. The lowest BCUT2D eigenvalue weighted by Crippen LogP contribution is -2.41. The lowest BCUT2D eigenvalue weighted by molar-refractivity contribution is -0.122. The molecule has 122 valence electrons. The Hall–Kier alpha value is -2.15. The van der Waals surface area contributed by atoms with Gasteiger partial charge in [-0.05, 0) is 38.3 Å². The zero-order valence-electron chi connectivity index (χ0n) is 12.9. The number of hydrogen-bond acceptors (Lipinski definition) is 5. The van der Waals surface area contributed by atoms with Crippen LogP contribution in [0.1, 0.15) is 41.9 Å². The van der Waals surface area contributed by atoms with Crippen molar-refractivity contribution < 1.29 is 14.0 Å². The van der Waals surface area contributed by atoms with E-state index in [0.29, 0.717) is 22.9 Å². The van der Waals surface area contributed by atoms with Crippen molar-refractivity contribution >= 4 is 23.2 Å². The molecule has 2 amide bonds. The van der Waals surface area contributed by atoms with Gasteiger partial charge in [0, 0.05) is 17.3 Å². The first kappa shape index (κ1) is 15.7. The molecule has 0 radical (unpaired) electrons. The van der Waals surface area contributed by atoms with Crippen molar-refractivity contribution in [2.24, 2.45) is 11.7 Å². The number of nitrogens with one attached hydrogen (secondary N) is 1. The van der Waals surface area contributed by atoms with Crippen LogP contribution in [-0.4, -0.2) is 22.8 Å². The van der Waals surface area contributed by atoms with Crippen LogP contribution in [0.4, 0.5) is 0 Å². The average Bonchev–Trinajstić information content (AvgIpc) is 3.16. The number of nitrogens with zero attached hydrogens (tertiary/aromatic N) is 1. The molecule has 1 fully saturated rings. The molecule has 1 aliphatic rings. The van der Waals surface area contributed by atoms with E-state index in [2.05, 4.69) is 10.3 Å². The van der Waals surface area contributed by atoms with Gasteiger partial charge >= 0.3 is 0 Å². The maximum atomic E-state index is 12.3. The molecule has 2 unspecified atom stereocenters. The first-order valence-electron chi connectivity index (χ1n) is 7.65. The third-order valence-corrected chi connectivity index (χ3v) is 4.96. The van der Waals surface area contributed by atoms with Crippen molar-refractivity contribution in [3.63, 3.8) is 0 Å². The Morgan fingerprint density at radius 3 is 2.91 bits per heavy atom. The van der Waals surface area contributed by atoms with Crippen LogP contribution in [-0.2, 0) is 4.79 Å². The Bertz CT molecular complexity index is 722. The molecule has 2 aromatic rings. The minimum atomic E-state index is -0.284. The molecule has 0 bridgehead atoms. The van der Waals surface area contributed by atoms with Crippen molar-refractivity contribution in [2.75, 3.05) is 0 Å². The number of carbonyl (C=O) groups is 2. The molecule has 0 aliphatic heterocycles. The van der Waals surface area contributed by atoms with Gasteiger partial charge in [-0.15, -0.1) is 11.3 Å². The van der Waals surface area contributed by atoms with Crippen molar-refractivity contribution in [3.8, 4) is 10.8 Å². The van der Waals surface area contributed by atoms with Gasteiger partial charge in [-0.25, -0.2) is 4.98 Å². The summed E-state index contributed by atoms with van der Waals surface area (Å²) in [4.78, 5) is 28.0. The number of aryl methyl sites for hydroxylation is 1. The van der Waals surface area contributed by atoms with Crippen LogP contribution in [0.2, 0.25) is 0 Å². The van der Waals surface area contributed by atoms with Crippen LogP contribution in [0.15, 0.2) is 21.9 Å². The number of carbonyl (C=O) groups excluding carboxylic acids is 2. The van der Waals surface area contributed by atoms with Crippen LogP contribution in [0.5, 0.6) is 0 Å². The second-order valence-corrected chi connectivity index (χ2v) is 6.74. The van der Waals surface area contributed by atoms with Crippen molar-refractivity contribution in [1.82, 2.24) is 10.3 Å². The highest BCUT2D eigenvalue weighted by atomic mass is 32.1. The van der Waals surface area contributed by atoms with Crippen molar-refractivity contribution in [2.45, 2.75) is 38.6 Å². The quantitative estimate of drug-likeness (QED) is 0.898. The largest absolute Gasteiger partial charge is 0.459 e. The summed E-state index contributed by atoms with van der Waals surface area (Å²) in [6, 6.07) is 3.68. The highest BCUT2D eigenvalue weighted by molar-refractivity contribution is 7.13. The Balaban J connectivity index is 1.64. The van der Waals surface area contributed by atoms with Gasteiger partial charge in [-0.2, -0.15) is 0 Å². The van der Waals surface area contributed by atoms with Crippen molar-refractivity contribution in [1.29, 1.82) is 0 Å². The number of primary amides is 1. The van der Waals surface area contributed by atoms with E-state index in [9.17, 15) is 9.59 Å². The summed E-state index contributed by atoms with van der Waals surface area (Å²) in [6.07, 6.45) is 3.17. The van der Waals surface area contributed by atoms with Gasteiger partial charge in [-0.3, -0.25) is 9.59 Å². The highest BCUT2D eigenvalue weighted by Crippen LogP contribution is 2.27. The summed E-state index contributed by atoms with van der Waals surface area (Å²) in [6.45, 7) is 1.86. The van der Waals surface area contributed by atoms with Crippen LogP contribution in [0, 0.1) is 12.8 Å². The maximum Gasteiger partial charge on any atom is 0.270 e.